The number of benzene rings is 1. The summed E-state index contributed by atoms with van der Waals surface area (Å²) in [6.07, 6.45) is 0. The number of methoxy groups -OCH3 is 1. The number of ether oxygens (including phenoxy) is 1. The highest BCUT2D eigenvalue weighted by Crippen LogP contribution is 2.36. The number of thiophene rings is 1. The Morgan fingerprint density at radius 3 is 2.74 bits per heavy atom. The average molecular weight is 402 g/mol. The third-order valence-corrected chi connectivity index (χ3v) is 6.60. The number of aryl methyl sites for hydroxylation is 3. The van der Waals surface area contributed by atoms with Gasteiger partial charge in [-0.15, -0.1) is 11.3 Å². The van der Waals surface area contributed by atoms with Gasteiger partial charge in [-0.2, -0.15) is 0 Å². The van der Waals surface area contributed by atoms with Gasteiger partial charge in [-0.25, -0.2) is 9.97 Å². The van der Waals surface area contributed by atoms with Crippen molar-refractivity contribution in [2.75, 3.05) is 7.11 Å². The van der Waals surface area contributed by atoms with Crippen molar-refractivity contribution in [1.29, 1.82) is 0 Å². The normalized spacial score (nSPS) is 12.2. The lowest BCUT2D eigenvalue weighted by molar-refractivity contribution is -0.120. The van der Waals surface area contributed by atoms with Crippen LogP contribution in [0.1, 0.15) is 28.8 Å². The molecule has 0 aliphatic heterocycles. The lowest BCUT2D eigenvalue weighted by atomic mass is 10.2. The second-order valence-electron chi connectivity index (χ2n) is 6.33. The molecule has 7 heteroatoms. The topological polar surface area (TPSA) is 64.1 Å². The Kier molecular flexibility index (Phi) is 6.01. The fourth-order valence-electron chi connectivity index (χ4n) is 2.80. The zero-order valence-corrected chi connectivity index (χ0v) is 17.8. The van der Waals surface area contributed by atoms with Crippen molar-refractivity contribution < 1.29 is 9.53 Å². The third-order valence-electron chi connectivity index (χ3n) is 4.41. The van der Waals surface area contributed by atoms with Crippen LogP contribution in [0.3, 0.4) is 0 Å². The van der Waals surface area contributed by atoms with Crippen molar-refractivity contribution in [3.63, 3.8) is 0 Å². The van der Waals surface area contributed by atoms with Gasteiger partial charge in [0.15, 0.2) is 0 Å². The number of amides is 1. The molecule has 0 saturated carbocycles. The summed E-state index contributed by atoms with van der Waals surface area (Å²) >= 11 is 3.16. The quantitative estimate of drug-likeness (QED) is 0.489. The molecule has 2 aromatic heterocycles. The van der Waals surface area contributed by atoms with Gasteiger partial charge >= 0.3 is 0 Å². The molecule has 0 aliphatic rings. The number of para-hydroxylation sites is 1. The molecule has 2 heterocycles. The van der Waals surface area contributed by atoms with Crippen LogP contribution < -0.4 is 10.1 Å². The van der Waals surface area contributed by atoms with Crippen molar-refractivity contribution in [1.82, 2.24) is 15.3 Å². The SMILES string of the molecule is COc1ccccc1CNC(=O)[C@@H](C)Sc1nc(C)nc2sc(C)c(C)c12. The highest BCUT2D eigenvalue weighted by molar-refractivity contribution is 8.00. The number of carbonyl (C=O) groups excluding carboxylic acids is 1. The first kappa shape index (κ1) is 19.6. The first-order valence-electron chi connectivity index (χ1n) is 8.71. The summed E-state index contributed by atoms with van der Waals surface area (Å²) in [6, 6.07) is 7.69. The molecule has 142 valence electrons. The molecule has 3 rings (SSSR count). The fourth-order valence-corrected chi connectivity index (χ4v) is 5.01. The lowest BCUT2D eigenvalue weighted by Gasteiger charge is -2.14. The van der Waals surface area contributed by atoms with E-state index in [2.05, 4.69) is 29.1 Å². The molecule has 0 radical (unpaired) electrons. The highest BCUT2D eigenvalue weighted by Gasteiger charge is 2.20. The number of fused-ring (bicyclic) bond motifs is 1. The van der Waals surface area contributed by atoms with Crippen LogP contribution in [-0.2, 0) is 11.3 Å². The van der Waals surface area contributed by atoms with Crippen LogP contribution in [0, 0.1) is 20.8 Å². The Labute approximate surface area is 167 Å². The number of nitrogens with zero attached hydrogens (tertiary/aromatic N) is 2. The first-order valence-corrected chi connectivity index (χ1v) is 10.4. The minimum absolute atomic E-state index is 0.0278. The molecule has 1 amide bonds. The minimum Gasteiger partial charge on any atom is -0.496 e. The zero-order valence-electron chi connectivity index (χ0n) is 16.1. The molecule has 27 heavy (non-hydrogen) atoms. The minimum atomic E-state index is -0.267. The smallest absolute Gasteiger partial charge is 0.233 e. The maximum Gasteiger partial charge on any atom is 0.233 e. The number of carbonyl (C=O) groups is 1. The summed E-state index contributed by atoms with van der Waals surface area (Å²) in [5.41, 5.74) is 2.15. The zero-order chi connectivity index (χ0) is 19.6. The van der Waals surface area contributed by atoms with E-state index in [1.807, 2.05) is 38.1 Å². The first-order chi connectivity index (χ1) is 12.9. The molecule has 5 nitrogen and oxygen atoms in total. The predicted molar refractivity (Wildman–Crippen MR) is 112 cm³/mol. The molecule has 1 aromatic carbocycles. The van der Waals surface area contributed by atoms with Crippen molar-refractivity contribution in [2.24, 2.45) is 0 Å². The lowest BCUT2D eigenvalue weighted by Crippen LogP contribution is -2.30. The number of hydrogen-bond donors (Lipinski definition) is 1. The molecule has 0 unspecified atom stereocenters. The summed E-state index contributed by atoms with van der Waals surface area (Å²) in [7, 11) is 1.63. The molecule has 0 saturated heterocycles. The van der Waals surface area contributed by atoms with Gasteiger partial charge in [-0.1, -0.05) is 30.0 Å². The molecular formula is C20H23N3O2S2. The van der Waals surface area contributed by atoms with Crippen LogP contribution in [0.5, 0.6) is 5.75 Å². The summed E-state index contributed by atoms with van der Waals surface area (Å²) < 4.78 is 5.34. The number of hydrogen-bond acceptors (Lipinski definition) is 6. The second kappa shape index (κ2) is 8.27. The van der Waals surface area contributed by atoms with Crippen molar-refractivity contribution in [3.8, 4) is 5.75 Å². The van der Waals surface area contributed by atoms with E-state index in [-0.39, 0.29) is 11.2 Å². The van der Waals surface area contributed by atoms with E-state index in [9.17, 15) is 4.79 Å². The van der Waals surface area contributed by atoms with Crippen LogP contribution in [0.25, 0.3) is 10.2 Å². The Morgan fingerprint density at radius 2 is 2.00 bits per heavy atom. The average Bonchev–Trinajstić information content (AvgIpc) is 2.93. The Hall–Kier alpha value is -2.12. The van der Waals surface area contributed by atoms with E-state index >= 15 is 0 Å². The van der Waals surface area contributed by atoms with Gasteiger partial charge in [0.05, 0.1) is 12.4 Å². The van der Waals surface area contributed by atoms with Gasteiger partial charge in [0.1, 0.15) is 21.4 Å². The Bertz CT molecular complexity index is 985. The molecular weight excluding hydrogens is 378 g/mol. The summed E-state index contributed by atoms with van der Waals surface area (Å²) in [6.45, 7) is 8.40. The predicted octanol–water partition coefficient (Wildman–Crippen LogP) is 4.42. The monoisotopic (exact) mass is 401 g/mol. The molecule has 0 spiro atoms. The molecule has 0 aliphatic carbocycles. The van der Waals surface area contributed by atoms with Crippen LogP contribution in [-0.4, -0.2) is 28.2 Å². The van der Waals surface area contributed by atoms with E-state index < -0.39 is 0 Å². The highest BCUT2D eigenvalue weighted by atomic mass is 32.2. The van der Waals surface area contributed by atoms with Gasteiger partial charge in [-0.05, 0) is 39.3 Å². The van der Waals surface area contributed by atoms with Crippen LogP contribution in [0.15, 0.2) is 29.3 Å². The van der Waals surface area contributed by atoms with Crippen LogP contribution in [0.4, 0.5) is 0 Å². The van der Waals surface area contributed by atoms with Crippen molar-refractivity contribution in [2.45, 2.75) is 44.5 Å². The number of rotatable bonds is 6. The van der Waals surface area contributed by atoms with Gasteiger partial charge in [0, 0.05) is 22.4 Å². The van der Waals surface area contributed by atoms with Crippen LogP contribution in [0.2, 0.25) is 0 Å². The maximum atomic E-state index is 12.6. The second-order valence-corrected chi connectivity index (χ2v) is 8.86. The Morgan fingerprint density at radius 1 is 1.26 bits per heavy atom. The van der Waals surface area contributed by atoms with E-state index in [1.54, 1.807) is 18.4 Å². The molecule has 3 aromatic rings. The van der Waals surface area contributed by atoms with E-state index in [4.69, 9.17) is 4.74 Å². The summed E-state index contributed by atoms with van der Waals surface area (Å²) in [4.78, 5) is 24.0. The standard InChI is InChI=1S/C20H23N3O2S2/c1-11-12(2)26-19-17(11)20(23-14(4)22-19)27-13(3)18(24)21-10-15-8-6-7-9-16(15)25-5/h6-9,13H,10H2,1-5H3,(H,21,24)/t13-/m1/s1. The Balaban J connectivity index is 1.74. The molecule has 1 atom stereocenters. The number of aromatic nitrogens is 2. The van der Waals surface area contributed by atoms with Crippen LogP contribution >= 0.6 is 23.1 Å². The molecule has 0 bridgehead atoms. The molecule has 0 fully saturated rings. The van der Waals surface area contributed by atoms with E-state index in [0.717, 1.165) is 32.4 Å². The van der Waals surface area contributed by atoms with E-state index in [0.29, 0.717) is 6.54 Å². The van der Waals surface area contributed by atoms with Crippen molar-refractivity contribution in [3.05, 3.63) is 46.1 Å². The maximum absolute atomic E-state index is 12.6. The van der Waals surface area contributed by atoms with Crippen molar-refractivity contribution >= 4 is 39.2 Å². The summed E-state index contributed by atoms with van der Waals surface area (Å²) in [5.74, 6) is 1.48. The van der Waals surface area contributed by atoms with Gasteiger partial charge in [0.25, 0.3) is 0 Å². The largest absolute Gasteiger partial charge is 0.496 e. The number of thioether (sulfide) groups is 1. The van der Waals surface area contributed by atoms with Gasteiger partial charge in [0.2, 0.25) is 5.91 Å². The van der Waals surface area contributed by atoms with Gasteiger partial charge < -0.3 is 10.1 Å². The third kappa shape index (κ3) is 4.25. The number of nitrogens with one attached hydrogen (secondary N) is 1. The van der Waals surface area contributed by atoms with Gasteiger partial charge in [-0.3, -0.25) is 4.79 Å². The molecule has 1 N–H and O–H groups in total. The fraction of sp³-hybridized carbons (Fsp3) is 0.350. The summed E-state index contributed by atoms with van der Waals surface area (Å²) in [5, 5.41) is 4.67. The van der Waals surface area contributed by atoms with E-state index in [1.165, 1.54) is 22.2 Å².